The lowest BCUT2D eigenvalue weighted by Crippen LogP contribution is -2.16. The molecule has 1 nitrogen and oxygen atoms in total. The van der Waals surface area contributed by atoms with Crippen molar-refractivity contribution >= 4 is 0 Å². The summed E-state index contributed by atoms with van der Waals surface area (Å²) in [6, 6.07) is 0. The van der Waals surface area contributed by atoms with Gasteiger partial charge in [0.1, 0.15) is 0 Å². The quantitative estimate of drug-likeness (QED) is 0.580. The standard InChI is InChI=1S/C11H21N/c1-9-7-5-6-8-11(9)10(2)12(3)4/h9H,5-8H2,1-4H3/b11-10-. The van der Waals surface area contributed by atoms with E-state index in [1.54, 1.807) is 5.57 Å². The predicted octanol–water partition coefficient (Wildman–Crippen LogP) is 3.03. The first kappa shape index (κ1) is 9.63. The van der Waals surface area contributed by atoms with E-state index in [2.05, 4.69) is 32.8 Å². The normalized spacial score (nSPS) is 28.5. The molecule has 1 aliphatic carbocycles. The maximum Gasteiger partial charge on any atom is 0.00904 e. The van der Waals surface area contributed by atoms with Crippen LogP contribution in [0.3, 0.4) is 0 Å². The van der Waals surface area contributed by atoms with Gasteiger partial charge in [-0.05, 0) is 37.7 Å². The summed E-state index contributed by atoms with van der Waals surface area (Å²) in [5.74, 6) is 0.821. The number of hydrogen-bond donors (Lipinski definition) is 0. The molecule has 0 N–H and O–H groups in total. The van der Waals surface area contributed by atoms with Crippen molar-refractivity contribution in [3.05, 3.63) is 11.3 Å². The highest BCUT2D eigenvalue weighted by molar-refractivity contribution is 5.14. The summed E-state index contributed by atoms with van der Waals surface area (Å²) >= 11 is 0. The lowest BCUT2D eigenvalue weighted by atomic mass is 9.84. The Labute approximate surface area is 76.5 Å². The van der Waals surface area contributed by atoms with Crippen molar-refractivity contribution in [3.63, 3.8) is 0 Å². The Bertz CT molecular complexity index is 179. The van der Waals surface area contributed by atoms with Gasteiger partial charge in [0.25, 0.3) is 0 Å². The molecule has 1 rings (SSSR count). The van der Waals surface area contributed by atoms with E-state index in [0.717, 1.165) is 5.92 Å². The molecule has 0 saturated heterocycles. The molecule has 70 valence electrons. The van der Waals surface area contributed by atoms with Crippen LogP contribution in [-0.2, 0) is 0 Å². The maximum atomic E-state index is 2.36. The second kappa shape index (κ2) is 3.97. The van der Waals surface area contributed by atoms with E-state index in [4.69, 9.17) is 0 Å². The SMILES string of the molecule is C/C(=C1\CCCCC1C)N(C)C. The molecule has 1 unspecified atom stereocenters. The van der Waals surface area contributed by atoms with Gasteiger partial charge in [-0.3, -0.25) is 0 Å². The molecule has 0 aliphatic heterocycles. The number of hydrogen-bond acceptors (Lipinski definition) is 1. The lowest BCUT2D eigenvalue weighted by molar-refractivity contribution is 0.435. The zero-order valence-corrected chi connectivity index (χ0v) is 8.85. The minimum absolute atomic E-state index is 0.821. The van der Waals surface area contributed by atoms with Crippen molar-refractivity contribution < 1.29 is 0 Å². The Morgan fingerprint density at radius 2 is 2.00 bits per heavy atom. The summed E-state index contributed by atoms with van der Waals surface area (Å²) in [4.78, 5) is 2.25. The van der Waals surface area contributed by atoms with Crippen LogP contribution in [0.15, 0.2) is 11.3 Å². The zero-order valence-electron chi connectivity index (χ0n) is 8.85. The summed E-state index contributed by atoms with van der Waals surface area (Å²) in [7, 11) is 4.29. The third kappa shape index (κ3) is 2.02. The molecule has 0 amide bonds. The molecule has 1 aliphatic rings. The highest BCUT2D eigenvalue weighted by Crippen LogP contribution is 2.31. The van der Waals surface area contributed by atoms with E-state index in [-0.39, 0.29) is 0 Å². The highest BCUT2D eigenvalue weighted by atomic mass is 15.1. The Hall–Kier alpha value is -0.460. The maximum absolute atomic E-state index is 2.36. The molecule has 0 spiro atoms. The molecule has 0 bridgehead atoms. The van der Waals surface area contributed by atoms with Crippen LogP contribution in [0.1, 0.15) is 39.5 Å². The largest absolute Gasteiger partial charge is 0.381 e. The topological polar surface area (TPSA) is 3.24 Å². The molecule has 12 heavy (non-hydrogen) atoms. The van der Waals surface area contributed by atoms with Crippen molar-refractivity contribution in [3.8, 4) is 0 Å². The van der Waals surface area contributed by atoms with E-state index < -0.39 is 0 Å². The molecule has 1 fully saturated rings. The lowest BCUT2D eigenvalue weighted by Gasteiger charge is -2.27. The van der Waals surface area contributed by atoms with Gasteiger partial charge in [-0.1, -0.05) is 13.3 Å². The first-order valence-corrected chi connectivity index (χ1v) is 5.00. The summed E-state index contributed by atoms with van der Waals surface area (Å²) in [5.41, 5.74) is 3.17. The fraction of sp³-hybridized carbons (Fsp3) is 0.818. The second-order valence-electron chi connectivity index (χ2n) is 4.15. The van der Waals surface area contributed by atoms with E-state index in [1.165, 1.54) is 31.4 Å². The Balaban J connectivity index is 2.75. The summed E-state index contributed by atoms with van der Waals surface area (Å²) in [5, 5.41) is 0. The third-order valence-electron chi connectivity index (χ3n) is 3.06. The van der Waals surface area contributed by atoms with E-state index in [9.17, 15) is 0 Å². The van der Waals surface area contributed by atoms with Gasteiger partial charge in [0.05, 0.1) is 0 Å². The van der Waals surface area contributed by atoms with Crippen LogP contribution in [0.4, 0.5) is 0 Å². The monoisotopic (exact) mass is 167 g/mol. The second-order valence-corrected chi connectivity index (χ2v) is 4.15. The number of nitrogens with zero attached hydrogens (tertiary/aromatic N) is 1. The van der Waals surface area contributed by atoms with Gasteiger partial charge in [0.2, 0.25) is 0 Å². The molecule has 1 saturated carbocycles. The Morgan fingerprint density at radius 1 is 1.33 bits per heavy atom. The molecule has 0 heterocycles. The van der Waals surface area contributed by atoms with Crippen molar-refractivity contribution in [1.82, 2.24) is 4.90 Å². The van der Waals surface area contributed by atoms with E-state index in [0.29, 0.717) is 0 Å². The van der Waals surface area contributed by atoms with Crippen LogP contribution < -0.4 is 0 Å². The molecule has 1 atom stereocenters. The van der Waals surface area contributed by atoms with Gasteiger partial charge in [-0.2, -0.15) is 0 Å². The average Bonchev–Trinajstić information content (AvgIpc) is 2.04. The smallest absolute Gasteiger partial charge is 0.00904 e. The zero-order chi connectivity index (χ0) is 9.14. The molecule has 0 radical (unpaired) electrons. The molecule has 1 heteroatoms. The molecular formula is C11H21N. The van der Waals surface area contributed by atoms with E-state index >= 15 is 0 Å². The Morgan fingerprint density at radius 3 is 2.50 bits per heavy atom. The van der Waals surface area contributed by atoms with Gasteiger partial charge >= 0.3 is 0 Å². The first-order chi connectivity index (χ1) is 5.63. The van der Waals surface area contributed by atoms with Gasteiger partial charge < -0.3 is 4.90 Å². The van der Waals surface area contributed by atoms with Crippen LogP contribution in [0.5, 0.6) is 0 Å². The van der Waals surface area contributed by atoms with Crippen LogP contribution in [-0.4, -0.2) is 19.0 Å². The molecule has 0 aromatic heterocycles. The van der Waals surface area contributed by atoms with Crippen LogP contribution in [0.25, 0.3) is 0 Å². The minimum atomic E-state index is 0.821. The van der Waals surface area contributed by atoms with Gasteiger partial charge in [-0.25, -0.2) is 0 Å². The van der Waals surface area contributed by atoms with E-state index in [1.807, 2.05) is 0 Å². The number of rotatable bonds is 1. The van der Waals surface area contributed by atoms with Crippen molar-refractivity contribution in [2.75, 3.05) is 14.1 Å². The fourth-order valence-corrected chi connectivity index (χ4v) is 2.01. The molecule has 0 aromatic rings. The van der Waals surface area contributed by atoms with Crippen molar-refractivity contribution in [1.29, 1.82) is 0 Å². The summed E-state index contributed by atoms with van der Waals surface area (Å²) < 4.78 is 0. The summed E-state index contributed by atoms with van der Waals surface area (Å²) in [6.07, 6.45) is 5.53. The van der Waals surface area contributed by atoms with Crippen molar-refractivity contribution in [2.45, 2.75) is 39.5 Å². The average molecular weight is 167 g/mol. The molecule has 0 aromatic carbocycles. The Kier molecular flexibility index (Phi) is 3.19. The van der Waals surface area contributed by atoms with Crippen molar-refractivity contribution in [2.24, 2.45) is 5.92 Å². The minimum Gasteiger partial charge on any atom is -0.381 e. The summed E-state index contributed by atoms with van der Waals surface area (Å²) in [6.45, 7) is 4.61. The van der Waals surface area contributed by atoms with Gasteiger partial charge in [-0.15, -0.1) is 0 Å². The predicted molar refractivity (Wildman–Crippen MR) is 54.0 cm³/mol. The van der Waals surface area contributed by atoms with Crippen LogP contribution >= 0.6 is 0 Å². The third-order valence-corrected chi connectivity index (χ3v) is 3.06. The fourth-order valence-electron chi connectivity index (χ4n) is 2.01. The molecular weight excluding hydrogens is 146 g/mol. The van der Waals surface area contributed by atoms with Crippen LogP contribution in [0.2, 0.25) is 0 Å². The van der Waals surface area contributed by atoms with Gasteiger partial charge in [0, 0.05) is 19.8 Å². The first-order valence-electron chi connectivity index (χ1n) is 5.00. The van der Waals surface area contributed by atoms with Gasteiger partial charge in [0.15, 0.2) is 0 Å². The van der Waals surface area contributed by atoms with Crippen LogP contribution in [0, 0.1) is 5.92 Å². The highest BCUT2D eigenvalue weighted by Gasteiger charge is 2.16. The number of allylic oxidation sites excluding steroid dienone is 2.